The van der Waals surface area contributed by atoms with Crippen LogP contribution in [-0.4, -0.2) is 29.6 Å². The van der Waals surface area contributed by atoms with Crippen molar-refractivity contribution in [1.82, 2.24) is 4.98 Å². The molecule has 0 bridgehead atoms. The summed E-state index contributed by atoms with van der Waals surface area (Å²) in [5, 5.41) is 0. The first-order chi connectivity index (χ1) is 6.77. The summed E-state index contributed by atoms with van der Waals surface area (Å²) < 4.78 is 0.910. The highest BCUT2D eigenvalue weighted by atomic mass is 79.9. The number of pyridine rings is 1. The van der Waals surface area contributed by atoms with Gasteiger partial charge in [-0.1, -0.05) is 6.07 Å². The molecule has 1 aliphatic heterocycles. The zero-order valence-electron chi connectivity index (χ0n) is 8.11. The fourth-order valence-corrected chi connectivity index (χ4v) is 3.21. The average molecular weight is 273 g/mol. The van der Waals surface area contributed by atoms with E-state index >= 15 is 0 Å². The topological polar surface area (TPSA) is 16.1 Å². The van der Waals surface area contributed by atoms with Crippen LogP contribution < -0.4 is 4.90 Å². The summed E-state index contributed by atoms with van der Waals surface area (Å²) in [5.41, 5.74) is 0. The van der Waals surface area contributed by atoms with Gasteiger partial charge in [-0.25, -0.2) is 4.98 Å². The average Bonchev–Trinajstić information content (AvgIpc) is 2.69. The Balaban J connectivity index is 2.13. The molecule has 0 saturated carbocycles. The van der Waals surface area contributed by atoms with Crippen molar-refractivity contribution in [3.8, 4) is 0 Å². The molecule has 0 radical (unpaired) electrons. The monoisotopic (exact) mass is 272 g/mol. The molecule has 4 heteroatoms. The van der Waals surface area contributed by atoms with Crippen molar-refractivity contribution in [1.29, 1.82) is 0 Å². The lowest BCUT2D eigenvalue weighted by atomic mass is 10.2. The third-order valence-electron chi connectivity index (χ3n) is 2.52. The fourth-order valence-electron chi connectivity index (χ4n) is 1.61. The SMILES string of the molecule is CN(c1cccc(Br)n1)C1CCSC1. The number of hydrogen-bond acceptors (Lipinski definition) is 3. The summed E-state index contributed by atoms with van der Waals surface area (Å²) in [6.07, 6.45) is 1.27. The summed E-state index contributed by atoms with van der Waals surface area (Å²) in [5.74, 6) is 3.57. The minimum absolute atomic E-state index is 0.654. The van der Waals surface area contributed by atoms with Crippen LogP contribution in [0.4, 0.5) is 5.82 Å². The van der Waals surface area contributed by atoms with E-state index in [1.165, 1.54) is 17.9 Å². The first-order valence-electron chi connectivity index (χ1n) is 4.70. The first-order valence-corrected chi connectivity index (χ1v) is 6.65. The van der Waals surface area contributed by atoms with E-state index in [9.17, 15) is 0 Å². The Kier molecular flexibility index (Phi) is 3.34. The largest absolute Gasteiger partial charge is 0.356 e. The summed E-state index contributed by atoms with van der Waals surface area (Å²) in [7, 11) is 2.13. The summed E-state index contributed by atoms with van der Waals surface area (Å²) in [4.78, 5) is 6.73. The van der Waals surface area contributed by atoms with Gasteiger partial charge in [0, 0.05) is 18.8 Å². The van der Waals surface area contributed by atoms with Gasteiger partial charge in [0.1, 0.15) is 10.4 Å². The van der Waals surface area contributed by atoms with E-state index in [2.05, 4.69) is 38.9 Å². The van der Waals surface area contributed by atoms with Gasteiger partial charge in [-0.3, -0.25) is 0 Å². The van der Waals surface area contributed by atoms with Crippen molar-refractivity contribution < 1.29 is 0 Å². The van der Waals surface area contributed by atoms with E-state index in [1.54, 1.807) is 0 Å². The summed E-state index contributed by atoms with van der Waals surface area (Å²) >= 11 is 5.42. The van der Waals surface area contributed by atoms with Crippen LogP contribution in [-0.2, 0) is 0 Å². The van der Waals surface area contributed by atoms with Gasteiger partial charge >= 0.3 is 0 Å². The highest BCUT2D eigenvalue weighted by Gasteiger charge is 2.20. The predicted octanol–water partition coefficient (Wildman–Crippen LogP) is 2.79. The molecule has 0 N–H and O–H groups in total. The fraction of sp³-hybridized carbons (Fsp3) is 0.500. The number of rotatable bonds is 2. The predicted molar refractivity (Wildman–Crippen MR) is 66.1 cm³/mol. The Hall–Kier alpha value is -0.220. The molecule has 0 spiro atoms. The van der Waals surface area contributed by atoms with Crippen LogP contribution in [0.1, 0.15) is 6.42 Å². The minimum Gasteiger partial charge on any atom is -0.356 e. The second-order valence-corrected chi connectivity index (χ2v) is 5.41. The van der Waals surface area contributed by atoms with Crippen LogP contribution in [0.3, 0.4) is 0 Å². The van der Waals surface area contributed by atoms with E-state index in [1.807, 2.05) is 23.9 Å². The lowest BCUT2D eigenvalue weighted by molar-refractivity contribution is 0.691. The summed E-state index contributed by atoms with van der Waals surface area (Å²) in [6.45, 7) is 0. The highest BCUT2D eigenvalue weighted by molar-refractivity contribution is 9.10. The van der Waals surface area contributed by atoms with E-state index in [0.717, 1.165) is 10.4 Å². The van der Waals surface area contributed by atoms with Gasteiger partial charge in [0.05, 0.1) is 0 Å². The molecule has 1 unspecified atom stereocenters. The molecule has 1 aromatic heterocycles. The maximum Gasteiger partial charge on any atom is 0.129 e. The molecule has 2 rings (SSSR count). The number of anilines is 1. The Bertz CT molecular complexity index is 313. The minimum atomic E-state index is 0.654. The Labute approximate surface area is 97.2 Å². The van der Waals surface area contributed by atoms with Crippen LogP contribution >= 0.6 is 27.7 Å². The number of halogens is 1. The zero-order chi connectivity index (χ0) is 9.97. The van der Waals surface area contributed by atoms with Crippen molar-refractivity contribution in [2.24, 2.45) is 0 Å². The summed E-state index contributed by atoms with van der Waals surface area (Å²) in [6, 6.07) is 6.71. The van der Waals surface area contributed by atoms with Crippen LogP contribution in [0.25, 0.3) is 0 Å². The highest BCUT2D eigenvalue weighted by Crippen LogP contribution is 2.25. The molecule has 1 aromatic rings. The molecule has 14 heavy (non-hydrogen) atoms. The van der Waals surface area contributed by atoms with Gasteiger partial charge in [-0.05, 0) is 40.2 Å². The maximum absolute atomic E-state index is 4.45. The lowest BCUT2D eigenvalue weighted by Crippen LogP contribution is -2.31. The number of nitrogens with zero attached hydrogens (tertiary/aromatic N) is 2. The number of aromatic nitrogens is 1. The van der Waals surface area contributed by atoms with Gasteiger partial charge < -0.3 is 4.90 Å². The molecule has 1 saturated heterocycles. The van der Waals surface area contributed by atoms with Crippen molar-refractivity contribution in [2.45, 2.75) is 12.5 Å². The standard InChI is InChI=1S/C10H13BrN2S/c1-13(8-5-6-14-7-8)10-4-2-3-9(11)12-10/h2-4,8H,5-7H2,1H3. The normalized spacial score (nSPS) is 21.1. The van der Waals surface area contributed by atoms with E-state index in [-0.39, 0.29) is 0 Å². The van der Waals surface area contributed by atoms with Crippen LogP contribution in [0, 0.1) is 0 Å². The molecule has 0 aromatic carbocycles. The van der Waals surface area contributed by atoms with Gasteiger partial charge in [0.25, 0.3) is 0 Å². The molecular formula is C10H13BrN2S. The molecule has 0 amide bonds. The third-order valence-corrected chi connectivity index (χ3v) is 4.10. The van der Waals surface area contributed by atoms with Crippen molar-refractivity contribution >= 4 is 33.5 Å². The van der Waals surface area contributed by atoms with Crippen LogP contribution in [0.2, 0.25) is 0 Å². The molecule has 2 nitrogen and oxygen atoms in total. The van der Waals surface area contributed by atoms with Gasteiger partial charge in [-0.2, -0.15) is 11.8 Å². The van der Waals surface area contributed by atoms with Gasteiger partial charge in [0.15, 0.2) is 0 Å². The Morgan fingerprint density at radius 1 is 1.57 bits per heavy atom. The molecule has 1 atom stereocenters. The zero-order valence-corrected chi connectivity index (χ0v) is 10.5. The lowest BCUT2D eigenvalue weighted by Gasteiger charge is -2.24. The van der Waals surface area contributed by atoms with Crippen molar-refractivity contribution in [2.75, 3.05) is 23.5 Å². The van der Waals surface area contributed by atoms with Gasteiger partial charge in [-0.15, -0.1) is 0 Å². The van der Waals surface area contributed by atoms with E-state index < -0.39 is 0 Å². The second kappa shape index (κ2) is 4.53. The van der Waals surface area contributed by atoms with Crippen LogP contribution in [0.15, 0.2) is 22.8 Å². The molecule has 1 fully saturated rings. The molecular weight excluding hydrogens is 260 g/mol. The number of hydrogen-bond donors (Lipinski definition) is 0. The molecule has 1 aliphatic rings. The smallest absolute Gasteiger partial charge is 0.129 e. The maximum atomic E-state index is 4.45. The van der Waals surface area contributed by atoms with Crippen LogP contribution in [0.5, 0.6) is 0 Å². The van der Waals surface area contributed by atoms with Crippen molar-refractivity contribution in [3.63, 3.8) is 0 Å². The third kappa shape index (κ3) is 2.23. The molecule has 2 heterocycles. The Morgan fingerprint density at radius 2 is 2.43 bits per heavy atom. The van der Waals surface area contributed by atoms with E-state index in [0.29, 0.717) is 6.04 Å². The second-order valence-electron chi connectivity index (χ2n) is 3.45. The molecule has 0 aliphatic carbocycles. The van der Waals surface area contributed by atoms with Crippen molar-refractivity contribution in [3.05, 3.63) is 22.8 Å². The molecule has 76 valence electrons. The van der Waals surface area contributed by atoms with E-state index in [4.69, 9.17) is 0 Å². The Morgan fingerprint density at radius 3 is 3.07 bits per heavy atom. The van der Waals surface area contributed by atoms with Gasteiger partial charge in [0.2, 0.25) is 0 Å². The number of thioether (sulfide) groups is 1. The quantitative estimate of drug-likeness (QED) is 0.771. The first kappa shape index (κ1) is 10.3.